The minimum atomic E-state index is -0.997. The van der Waals surface area contributed by atoms with Gasteiger partial charge in [0.1, 0.15) is 37.5 Å². The Morgan fingerprint density at radius 2 is 1.06 bits per heavy atom. The maximum atomic E-state index is 13.8. The minimum Gasteiger partial charge on any atom is -0.394 e. The Labute approximate surface area is 458 Å². The molecule has 21 nitrogen and oxygen atoms in total. The second-order valence-corrected chi connectivity index (χ2v) is 23.7. The van der Waals surface area contributed by atoms with Crippen molar-refractivity contribution in [3.8, 4) is 0 Å². The van der Waals surface area contributed by atoms with E-state index < -0.39 is 126 Å². The molecule has 4 amide bonds. The molecular formula is C56H102N4O17. The summed E-state index contributed by atoms with van der Waals surface area (Å²) in [6, 6.07) is -1.96. The first kappa shape index (κ1) is 66.9. The molecule has 4 saturated carbocycles. The molecule has 0 aromatic heterocycles. The van der Waals surface area contributed by atoms with Crippen molar-refractivity contribution < 1.29 is 83.7 Å². The largest absolute Gasteiger partial charge is 0.394 e. The number of nitrogens with one attached hydrogen (secondary N) is 3. The molecule has 0 radical (unpaired) electrons. The number of rotatable bonds is 39. The molecule has 0 aliphatic heterocycles. The standard InChI is InChI=1S/C56H102N4O17/c1-37(2)8-6-9-38(3)48-12-13-49-47-11-10-39-22-42(16-18-55(39,4)50(47)17-19-56(48,49)5)73-21-7-20-57-51(69)14-15-54(72)60(23-52(70)58-40(33-74-43(25-61)26-62)34-75-44(27-63)28-64)24-53(71)59-41(35-76-45(29-65)30-66)36-77-46(31-67)32-68/h37-50,61-68H,6-36H2,1-5H3,(H,57,69)(H,58,70)(H,59,71)/t38-,39?,42+,47+,48-,49+,50+,55+,56-/m1/s1. The molecule has 11 N–H and O–H groups in total. The fraction of sp³-hybridized carbons (Fsp3) is 0.929. The minimum absolute atomic E-state index is 0.187. The number of fused-ring (bicyclic) bond motifs is 5. The van der Waals surface area contributed by atoms with Gasteiger partial charge in [0.05, 0.1) is 97.5 Å². The monoisotopic (exact) mass is 1100 g/mol. The van der Waals surface area contributed by atoms with Gasteiger partial charge in [0.25, 0.3) is 0 Å². The third-order valence-electron chi connectivity index (χ3n) is 17.9. The lowest BCUT2D eigenvalue weighted by Gasteiger charge is -2.61. The fourth-order valence-corrected chi connectivity index (χ4v) is 13.5. The second kappa shape index (κ2) is 34.6. The number of carbonyl (C=O) groups excluding carboxylic acids is 4. The first-order chi connectivity index (χ1) is 36.9. The van der Waals surface area contributed by atoms with Crippen LogP contribution in [-0.2, 0) is 42.9 Å². The molecule has 9 atom stereocenters. The van der Waals surface area contributed by atoms with Gasteiger partial charge in [-0.2, -0.15) is 0 Å². The Kier molecular flexibility index (Phi) is 30.0. The van der Waals surface area contributed by atoms with Crippen LogP contribution in [0.5, 0.6) is 0 Å². The molecule has 0 saturated heterocycles. The van der Waals surface area contributed by atoms with Gasteiger partial charge in [-0.05, 0) is 116 Å². The van der Waals surface area contributed by atoms with Crippen LogP contribution in [0.15, 0.2) is 0 Å². The predicted molar refractivity (Wildman–Crippen MR) is 286 cm³/mol. The van der Waals surface area contributed by atoms with E-state index in [1.807, 2.05) is 0 Å². The lowest BCUT2D eigenvalue weighted by Crippen LogP contribution is -2.54. The first-order valence-corrected chi connectivity index (χ1v) is 29.0. The van der Waals surface area contributed by atoms with Gasteiger partial charge < -0.3 is 85.4 Å². The van der Waals surface area contributed by atoms with Crippen molar-refractivity contribution in [1.82, 2.24) is 20.9 Å². The molecule has 0 aromatic carbocycles. The van der Waals surface area contributed by atoms with Crippen LogP contribution in [-0.4, -0.2) is 218 Å². The van der Waals surface area contributed by atoms with E-state index in [9.17, 15) is 60.0 Å². The molecule has 0 spiro atoms. The molecular weight excluding hydrogens is 1000 g/mol. The highest BCUT2D eigenvalue weighted by Gasteiger charge is 2.60. The van der Waals surface area contributed by atoms with Gasteiger partial charge in [0.2, 0.25) is 23.6 Å². The average molecular weight is 1100 g/mol. The first-order valence-electron chi connectivity index (χ1n) is 29.0. The van der Waals surface area contributed by atoms with Gasteiger partial charge in [-0.1, -0.05) is 53.9 Å². The summed E-state index contributed by atoms with van der Waals surface area (Å²) in [5.41, 5.74) is 0.831. The van der Waals surface area contributed by atoms with Crippen LogP contribution in [0.25, 0.3) is 0 Å². The van der Waals surface area contributed by atoms with Crippen LogP contribution in [0.1, 0.15) is 131 Å². The molecule has 4 fully saturated rings. The number of carbonyl (C=O) groups is 4. The van der Waals surface area contributed by atoms with Crippen molar-refractivity contribution in [2.24, 2.45) is 52.3 Å². The van der Waals surface area contributed by atoms with Crippen molar-refractivity contribution in [3.63, 3.8) is 0 Å². The van der Waals surface area contributed by atoms with E-state index in [1.165, 1.54) is 64.2 Å². The maximum Gasteiger partial charge on any atom is 0.240 e. The number of aliphatic hydroxyl groups excluding tert-OH is 8. The quantitative estimate of drug-likeness (QED) is 0.0384. The Morgan fingerprint density at radius 1 is 0.571 bits per heavy atom. The summed E-state index contributed by atoms with van der Waals surface area (Å²) in [6.45, 7) is 6.43. The second-order valence-electron chi connectivity index (χ2n) is 23.7. The number of nitrogens with zero attached hydrogens (tertiary/aromatic N) is 1. The average Bonchev–Trinajstić information content (AvgIpc) is 3.79. The van der Waals surface area contributed by atoms with E-state index in [4.69, 9.17) is 23.7 Å². The molecule has 1 unspecified atom stereocenters. The number of ether oxygens (including phenoxy) is 5. The number of amides is 4. The third kappa shape index (κ3) is 20.7. The summed E-state index contributed by atoms with van der Waals surface area (Å²) in [4.78, 5) is 55.0. The molecule has 448 valence electrons. The topological polar surface area (TPSA) is 316 Å². The molecule has 0 heterocycles. The number of hydrogen-bond acceptors (Lipinski definition) is 17. The lowest BCUT2D eigenvalue weighted by atomic mass is 9.44. The molecule has 21 heteroatoms. The summed E-state index contributed by atoms with van der Waals surface area (Å²) in [7, 11) is 0. The molecule has 77 heavy (non-hydrogen) atoms. The van der Waals surface area contributed by atoms with E-state index in [0.717, 1.165) is 53.2 Å². The van der Waals surface area contributed by atoms with Crippen LogP contribution in [0, 0.1) is 52.3 Å². The lowest BCUT2D eigenvalue weighted by molar-refractivity contribution is -0.141. The third-order valence-corrected chi connectivity index (χ3v) is 17.9. The van der Waals surface area contributed by atoms with Crippen LogP contribution in [0.3, 0.4) is 0 Å². The van der Waals surface area contributed by atoms with Gasteiger partial charge in [-0.25, -0.2) is 0 Å². The van der Waals surface area contributed by atoms with Crippen molar-refractivity contribution in [2.75, 3.05) is 106 Å². The van der Waals surface area contributed by atoms with Gasteiger partial charge in [0.15, 0.2) is 0 Å². The van der Waals surface area contributed by atoms with Crippen molar-refractivity contribution in [2.45, 2.75) is 174 Å². The summed E-state index contributed by atoms with van der Waals surface area (Å²) in [5.74, 6) is 2.85. The zero-order valence-corrected chi connectivity index (χ0v) is 47.2. The van der Waals surface area contributed by atoms with Crippen molar-refractivity contribution in [1.29, 1.82) is 0 Å². The van der Waals surface area contributed by atoms with Crippen LogP contribution >= 0.6 is 0 Å². The molecule has 0 bridgehead atoms. The molecule has 4 aliphatic carbocycles. The Morgan fingerprint density at radius 3 is 1.56 bits per heavy atom. The van der Waals surface area contributed by atoms with Crippen LogP contribution in [0.2, 0.25) is 0 Å². The summed E-state index contributed by atoms with van der Waals surface area (Å²) >= 11 is 0. The maximum absolute atomic E-state index is 13.8. The highest BCUT2D eigenvalue weighted by molar-refractivity contribution is 5.91. The SMILES string of the molecule is CC(C)CCC[C@@H](C)[C@H]1CC[C@H]2[C@@H]3CCC4C[C@@H](OCCCNC(=O)CCC(=O)N(CC(=O)NC(COC(CO)CO)COC(CO)CO)CC(=O)NC(COC(CO)CO)COC(CO)CO)CC[C@]4(C)[C@H]3CC[C@]12C. The Bertz CT molecular complexity index is 1620. The van der Waals surface area contributed by atoms with E-state index in [1.54, 1.807) is 0 Å². The summed E-state index contributed by atoms with van der Waals surface area (Å²) in [6.07, 6.45) is 11.7. The predicted octanol–water partition coefficient (Wildman–Crippen LogP) is 1.06. The van der Waals surface area contributed by atoms with Crippen molar-refractivity contribution in [3.05, 3.63) is 0 Å². The molecule has 4 rings (SSSR count). The zero-order valence-electron chi connectivity index (χ0n) is 47.2. The highest BCUT2D eigenvalue weighted by atomic mass is 16.5. The van der Waals surface area contributed by atoms with Gasteiger partial charge in [-0.3, -0.25) is 19.2 Å². The van der Waals surface area contributed by atoms with Crippen LogP contribution < -0.4 is 16.0 Å². The summed E-state index contributed by atoms with van der Waals surface area (Å²) in [5, 5.41) is 84.1. The normalized spacial score (nSPS) is 25.7. The number of hydrogen-bond donors (Lipinski definition) is 11. The highest BCUT2D eigenvalue weighted by Crippen LogP contribution is 2.68. The Balaban J connectivity index is 1.30. The zero-order chi connectivity index (χ0) is 56.5. The Hall–Kier alpha value is -2.64. The van der Waals surface area contributed by atoms with Crippen molar-refractivity contribution >= 4 is 23.6 Å². The van der Waals surface area contributed by atoms with Gasteiger partial charge in [-0.15, -0.1) is 0 Å². The van der Waals surface area contributed by atoms with Crippen LogP contribution in [0.4, 0.5) is 0 Å². The fourth-order valence-electron chi connectivity index (χ4n) is 13.5. The van der Waals surface area contributed by atoms with Gasteiger partial charge in [0, 0.05) is 26.0 Å². The van der Waals surface area contributed by atoms with E-state index >= 15 is 0 Å². The molecule has 4 aliphatic rings. The van der Waals surface area contributed by atoms with E-state index in [0.29, 0.717) is 36.3 Å². The smallest absolute Gasteiger partial charge is 0.240 e. The number of aliphatic hydroxyl groups is 8. The summed E-state index contributed by atoms with van der Waals surface area (Å²) < 4.78 is 28.4. The van der Waals surface area contributed by atoms with Gasteiger partial charge >= 0.3 is 0 Å². The van der Waals surface area contributed by atoms with E-state index in [-0.39, 0.29) is 45.4 Å². The van der Waals surface area contributed by atoms with E-state index in [2.05, 4.69) is 50.6 Å². The molecule has 0 aromatic rings.